The Morgan fingerprint density at radius 3 is 2.95 bits per heavy atom. The minimum atomic E-state index is -0.201. The van der Waals surface area contributed by atoms with Gasteiger partial charge in [-0.2, -0.15) is 0 Å². The molecule has 1 N–H and O–H groups in total. The molecule has 1 amide bonds. The van der Waals surface area contributed by atoms with Crippen LogP contribution in [0.5, 0.6) is 5.75 Å². The normalized spacial score (nSPS) is 9.95. The lowest BCUT2D eigenvalue weighted by atomic mass is 10.3. The Morgan fingerprint density at radius 1 is 1.37 bits per heavy atom. The monoisotopic (exact) mass is 258 g/mol. The summed E-state index contributed by atoms with van der Waals surface area (Å²) in [6.45, 7) is 0.0955. The summed E-state index contributed by atoms with van der Waals surface area (Å²) in [5.74, 6) is 0.472. The van der Waals surface area contributed by atoms with Gasteiger partial charge in [0.15, 0.2) is 6.29 Å². The average molecular weight is 258 g/mol. The van der Waals surface area contributed by atoms with Crippen LogP contribution in [0.15, 0.2) is 42.6 Å². The highest BCUT2D eigenvalue weighted by molar-refractivity contribution is 5.91. The molecule has 0 aliphatic rings. The number of anilines is 1. The molecule has 1 aromatic carbocycles. The number of rotatable bonds is 5. The molecule has 1 heterocycles. The van der Waals surface area contributed by atoms with Crippen molar-refractivity contribution in [3.63, 3.8) is 0 Å². The van der Waals surface area contributed by atoms with Gasteiger partial charge in [0.2, 0.25) is 5.91 Å². The van der Waals surface area contributed by atoms with Gasteiger partial charge in [0.05, 0.1) is 12.8 Å². The van der Waals surface area contributed by atoms with Gasteiger partial charge in [-0.05, 0) is 24.3 Å². The van der Waals surface area contributed by atoms with Gasteiger partial charge in [0.1, 0.15) is 12.3 Å². The molecule has 0 radical (unpaired) electrons. The second-order valence-corrected chi connectivity index (χ2v) is 3.96. The summed E-state index contributed by atoms with van der Waals surface area (Å²) < 4.78 is 6.66. The molecular weight excluding hydrogens is 244 g/mol. The summed E-state index contributed by atoms with van der Waals surface area (Å²) in [5.41, 5.74) is 1.13. The van der Waals surface area contributed by atoms with Gasteiger partial charge in [-0.15, -0.1) is 0 Å². The number of nitrogens with one attached hydrogen (secondary N) is 1. The number of carbonyl (C=O) groups excluding carboxylic acids is 2. The molecule has 0 saturated carbocycles. The molecule has 5 heteroatoms. The molecule has 2 aromatic rings. The average Bonchev–Trinajstić information content (AvgIpc) is 2.86. The lowest BCUT2D eigenvalue weighted by molar-refractivity contribution is -0.116. The Morgan fingerprint density at radius 2 is 2.21 bits per heavy atom. The van der Waals surface area contributed by atoms with Gasteiger partial charge in [-0.1, -0.05) is 6.07 Å². The Labute approximate surface area is 110 Å². The van der Waals surface area contributed by atoms with E-state index < -0.39 is 0 Å². The van der Waals surface area contributed by atoms with Crippen LogP contribution >= 0.6 is 0 Å². The van der Waals surface area contributed by atoms with E-state index in [-0.39, 0.29) is 12.5 Å². The second-order valence-electron chi connectivity index (χ2n) is 3.96. The minimum absolute atomic E-state index is 0.0955. The number of ether oxygens (including phenoxy) is 1. The predicted molar refractivity (Wildman–Crippen MR) is 71.4 cm³/mol. The second kappa shape index (κ2) is 5.86. The molecule has 0 fully saturated rings. The Hall–Kier alpha value is -2.56. The van der Waals surface area contributed by atoms with Crippen molar-refractivity contribution in [1.29, 1.82) is 0 Å². The Balaban J connectivity index is 2.03. The van der Waals surface area contributed by atoms with Gasteiger partial charge < -0.3 is 14.6 Å². The van der Waals surface area contributed by atoms with E-state index in [4.69, 9.17) is 4.74 Å². The number of aldehydes is 1. The van der Waals surface area contributed by atoms with Crippen molar-refractivity contribution < 1.29 is 14.3 Å². The fourth-order valence-electron chi connectivity index (χ4n) is 1.73. The number of aromatic nitrogens is 1. The fraction of sp³-hybridized carbons (Fsp3) is 0.143. The van der Waals surface area contributed by atoms with Crippen molar-refractivity contribution in [2.75, 3.05) is 12.4 Å². The SMILES string of the molecule is COc1cccc(NC(=O)Cn2cccc2C=O)c1. The smallest absolute Gasteiger partial charge is 0.244 e. The summed E-state index contributed by atoms with van der Waals surface area (Å²) in [6.07, 6.45) is 2.41. The zero-order chi connectivity index (χ0) is 13.7. The molecule has 0 aliphatic carbocycles. The lowest BCUT2D eigenvalue weighted by Gasteiger charge is -2.08. The van der Waals surface area contributed by atoms with E-state index in [1.165, 1.54) is 0 Å². The van der Waals surface area contributed by atoms with Crippen molar-refractivity contribution in [2.45, 2.75) is 6.54 Å². The number of hydrogen-bond acceptors (Lipinski definition) is 3. The van der Waals surface area contributed by atoms with Gasteiger partial charge in [0.25, 0.3) is 0 Å². The molecule has 98 valence electrons. The fourth-order valence-corrected chi connectivity index (χ4v) is 1.73. The first-order chi connectivity index (χ1) is 9.22. The van der Waals surface area contributed by atoms with Crippen LogP contribution in [0.4, 0.5) is 5.69 Å². The van der Waals surface area contributed by atoms with Crippen LogP contribution in [0.2, 0.25) is 0 Å². The molecule has 0 atom stereocenters. The third-order valence-electron chi connectivity index (χ3n) is 2.65. The van der Waals surface area contributed by atoms with Crippen LogP contribution in [0.1, 0.15) is 10.5 Å². The Bertz CT molecular complexity index is 590. The highest BCUT2D eigenvalue weighted by Crippen LogP contribution is 2.16. The van der Waals surface area contributed by atoms with E-state index in [0.717, 1.165) is 6.29 Å². The maximum atomic E-state index is 11.9. The van der Waals surface area contributed by atoms with Crippen LogP contribution in [-0.2, 0) is 11.3 Å². The van der Waals surface area contributed by atoms with Crippen LogP contribution in [0.25, 0.3) is 0 Å². The molecule has 0 saturated heterocycles. The van der Waals surface area contributed by atoms with E-state index in [1.54, 1.807) is 54.3 Å². The van der Waals surface area contributed by atoms with E-state index in [2.05, 4.69) is 5.32 Å². The lowest BCUT2D eigenvalue weighted by Crippen LogP contribution is -2.19. The van der Waals surface area contributed by atoms with Crippen molar-refractivity contribution in [1.82, 2.24) is 4.57 Å². The number of nitrogens with zero attached hydrogens (tertiary/aromatic N) is 1. The molecule has 0 spiro atoms. The number of carbonyl (C=O) groups is 2. The molecule has 0 aliphatic heterocycles. The molecular formula is C14H14N2O3. The summed E-state index contributed by atoms with van der Waals surface area (Å²) in [5, 5.41) is 2.75. The maximum Gasteiger partial charge on any atom is 0.244 e. The minimum Gasteiger partial charge on any atom is -0.497 e. The number of methoxy groups -OCH3 is 1. The molecule has 19 heavy (non-hydrogen) atoms. The molecule has 0 unspecified atom stereocenters. The molecule has 2 rings (SSSR count). The summed E-state index contributed by atoms with van der Waals surface area (Å²) >= 11 is 0. The van der Waals surface area contributed by atoms with E-state index in [0.29, 0.717) is 17.1 Å². The summed E-state index contributed by atoms with van der Waals surface area (Å²) in [6, 6.07) is 10.5. The maximum absolute atomic E-state index is 11.9. The van der Waals surface area contributed by atoms with Crippen LogP contribution in [0, 0.1) is 0 Å². The van der Waals surface area contributed by atoms with Crippen molar-refractivity contribution in [2.24, 2.45) is 0 Å². The number of benzene rings is 1. The Kier molecular flexibility index (Phi) is 3.97. The van der Waals surface area contributed by atoms with E-state index in [9.17, 15) is 9.59 Å². The van der Waals surface area contributed by atoms with Crippen LogP contribution in [0.3, 0.4) is 0 Å². The van der Waals surface area contributed by atoms with E-state index in [1.807, 2.05) is 0 Å². The third kappa shape index (κ3) is 3.22. The van der Waals surface area contributed by atoms with E-state index >= 15 is 0 Å². The molecule has 5 nitrogen and oxygen atoms in total. The number of hydrogen-bond donors (Lipinski definition) is 1. The first-order valence-electron chi connectivity index (χ1n) is 5.77. The largest absolute Gasteiger partial charge is 0.497 e. The van der Waals surface area contributed by atoms with Crippen molar-refractivity contribution in [3.8, 4) is 5.75 Å². The van der Waals surface area contributed by atoms with Gasteiger partial charge in [0, 0.05) is 18.0 Å². The van der Waals surface area contributed by atoms with Gasteiger partial charge in [-0.25, -0.2) is 0 Å². The first kappa shape index (κ1) is 12.9. The highest BCUT2D eigenvalue weighted by Gasteiger charge is 2.06. The van der Waals surface area contributed by atoms with Crippen LogP contribution in [-0.4, -0.2) is 23.9 Å². The van der Waals surface area contributed by atoms with Crippen LogP contribution < -0.4 is 10.1 Å². The molecule has 1 aromatic heterocycles. The topological polar surface area (TPSA) is 60.3 Å². The third-order valence-corrected chi connectivity index (χ3v) is 2.65. The first-order valence-corrected chi connectivity index (χ1v) is 5.77. The zero-order valence-electron chi connectivity index (χ0n) is 10.5. The molecule has 0 bridgehead atoms. The highest BCUT2D eigenvalue weighted by atomic mass is 16.5. The number of amides is 1. The zero-order valence-corrected chi connectivity index (χ0v) is 10.5. The van der Waals surface area contributed by atoms with Gasteiger partial charge >= 0.3 is 0 Å². The summed E-state index contributed by atoms with van der Waals surface area (Å²) in [4.78, 5) is 22.6. The quantitative estimate of drug-likeness (QED) is 0.834. The standard InChI is InChI=1S/C14H14N2O3/c1-19-13-6-2-4-11(8-13)15-14(18)9-16-7-3-5-12(16)10-17/h2-8,10H,9H2,1H3,(H,15,18). The van der Waals surface area contributed by atoms with Gasteiger partial charge in [-0.3, -0.25) is 9.59 Å². The van der Waals surface area contributed by atoms with Crippen molar-refractivity contribution >= 4 is 17.9 Å². The predicted octanol–water partition coefficient (Wildman–Crippen LogP) is 1.95. The van der Waals surface area contributed by atoms with Crippen molar-refractivity contribution in [3.05, 3.63) is 48.3 Å². The summed E-state index contributed by atoms with van der Waals surface area (Å²) in [7, 11) is 1.57.